The normalized spacial score (nSPS) is 10.6. The summed E-state index contributed by atoms with van der Waals surface area (Å²) in [6.07, 6.45) is 0.960. The number of carbonyl (C=O) groups is 1. The zero-order chi connectivity index (χ0) is 17.1. The molecule has 0 saturated carbocycles. The summed E-state index contributed by atoms with van der Waals surface area (Å²) in [4.78, 5) is 12.4. The van der Waals surface area contributed by atoms with Gasteiger partial charge in [0.25, 0.3) is 5.91 Å². The molecule has 0 saturated heterocycles. The van der Waals surface area contributed by atoms with E-state index >= 15 is 0 Å². The highest BCUT2D eigenvalue weighted by Crippen LogP contribution is 2.18. The Morgan fingerprint density at radius 1 is 1.21 bits per heavy atom. The van der Waals surface area contributed by atoms with Crippen LogP contribution in [-0.2, 0) is 6.42 Å². The second-order valence-corrected chi connectivity index (χ2v) is 5.86. The van der Waals surface area contributed by atoms with Gasteiger partial charge in [0.2, 0.25) is 0 Å². The van der Waals surface area contributed by atoms with Crippen LogP contribution in [0, 0.1) is 6.92 Å². The molecule has 0 unspecified atom stereocenters. The van der Waals surface area contributed by atoms with E-state index in [9.17, 15) is 4.79 Å². The van der Waals surface area contributed by atoms with E-state index in [4.69, 9.17) is 11.6 Å². The SMILES string of the molecule is CCc1ccc(NC(=O)c2nnn(-c3cccc(Cl)c3)c2C)cc1. The highest BCUT2D eigenvalue weighted by atomic mass is 35.5. The predicted octanol–water partition coefficient (Wildman–Crippen LogP) is 4.04. The van der Waals surface area contributed by atoms with Gasteiger partial charge in [-0.1, -0.05) is 41.9 Å². The van der Waals surface area contributed by atoms with Crippen LogP contribution in [0.4, 0.5) is 5.69 Å². The summed E-state index contributed by atoms with van der Waals surface area (Å²) in [7, 11) is 0. The lowest BCUT2D eigenvalue weighted by atomic mass is 10.1. The topological polar surface area (TPSA) is 59.8 Å². The summed E-state index contributed by atoms with van der Waals surface area (Å²) in [6.45, 7) is 3.89. The van der Waals surface area contributed by atoms with Crippen LogP contribution in [0.1, 0.15) is 28.7 Å². The van der Waals surface area contributed by atoms with E-state index in [1.165, 1.54) is 5.56 Å². The van der Waals surface area contributed by atoms with E-state index in [2.05, 4.69) is 22.6 Å². The molecule has 0 atom stereocenters. The van der Waals surface area contributed by atoms with E-state index < -0.39 is 0 Å². The molecule has 6 heteroatoms. The average Bonchev–Trinajstić information content (AvgIpc) is 2.97. The highest BCUT2D eigenvalue weighted by Gasteiger charge is 2.17. The molecule has 24 heavy (non-hydrogen) atoms. The van der Waals surface area contributed by atoms with Crippen molar-refractivity contribution in [2.45, 2.75) is 20.3 Å². The number of rotatable bonds is 4. The first-order valence-corrected chi connectivity index (χ1v) is 8.05. The Bertz CT molecular complexity index is 871. The van der Waals surface area contributed by atoms with Gasteiger partial charge in [0, 0.05) is 10.7 Å². The number of carbonyl (C=O) groups excluding carboxylic acids is 1. The van der Waals surface area contributed by atoms with Crippen LogP contribution >= 0.6 is 11.6 Å². The van der Waals surface area contributed by atoms with Gasteiger partial charge in [0.1, 0.15) is 0 Å². The average molecular weight is 341 g/mol. The molecular weight excluding hydrogens is 324 g/mol. The standard InChI is InChI=1S/C18H17ClN4O/c1-3-13-7-9-15(10-8-13)20-18(24)17-12(2)23(22-21-17)16-6-4-5-14(19)11-16/h4-11H,3H2,1-2H3,(H,20,24). The maximum Gasteiger partial charge on any atom is 0.278 e. The molecular formula is C18H17ClN4O. The Balaban J connectivity index is 1.83. The Hall–Kier alpha value is -2.66. The quantitative estimate of drug-likeness (QED) is 0.779. The molecule has 1 aromatic heterocycles. The summed E-state index contributed by atoms with van der Waals surface area (Å²) in [5.74, 6) is -0.287. The number of anilines is 1. The van der Waals surface area contributed by atoms with Crippen molar-refractivity contribution in [1.29, 1.82) is 0 Å². The minimum absolute atomic E-state index is 0.287. The number of amides is 1. The van der Waals surface area contributed by atoms with E-state index in [1.807, 2.05) is 36.4 Å². The number of hydrogen-bond donors (Lipinski definition) is 1. The van der Waals surface area contributed by atoms with Gasteiger partial charge in [-0.2, -0.15) is 0 Å². The third kappa shape index (κ3) is 3.31. The fourth-order valence-electron chi connectivity index (χ4n) is 2.41. The summed E-state index contributed by atoms with van der Waals surface area (Å²) >= 11 is 6.01. The molecule has 122 valence electrons. The van der Waals surface area contributed by atoms with Gasteiger partial charge in [-0.25, -0.2) is 4.68 Å². The molecule has 3 aromatic rings. The Morgan fingerprint density at radius 3 is 2.62 bits per heavy atom. The molecule has 0 fully saturated rings. The van der Waals surface area contributed by atoms with Gasteiger partial charge < -0.3 is 5.32 Å². The Morgan fingerprint density at radius 2 is 1.96 bits per heavy atom. The summed E-state index contributed by atoms with van der Waals surface area (Å²) in [5.41, 5.74) is 3.65. The second-order valence-electron chi connectivity index (χ2n) is 5.42. The zero-order valence-electron chi connectivity index (χ0n) is 13.5. The van der Waals surface area contributed by atoms with Gasteiger partial charge >= 0.3 is 0 Å². The van der Waals surface area contributed by atoms with Gasteiger partial charge in [-0.3, -0.25) is 4.79 Å². The third-order valence-corrected chi connectivity index (χ3v) is 4.02. The fourth-order valence-corrected chi connectivity index (χ4v) is 2.59. The van der Waals surface area contributed by atoms with E-state index in [1.54, 1.807) is 23.7 Å². The van der Waals surface area contributed by atoms with Crippen molar-refractivity contribution in [3.05, 3.63) is 70.5 Å². The lowest BCUT2D eigenvalue weighted by Crippen LogP contribution is -2.14. The first-order chi connectivity index (χ1) is 11.6. The number of aromatic nitrogens is 3. The van der Waals surface area contributed by atoms with Gasteiger partial charge in [0.05, 0.1) is 11.4 Å². The molecule has 3 rings (SSSR count). The van der Waals surface area contributed by atoms with Crippen LogP contribution in [0.25, 0.3) is 5.69 Å². The lowest BCUT2D eigenvalue weighted by molar-refractivity contribution is 0.102. The summed E-state index contributed by atoms with van der Waals surface area (Å²) < 4.78 is 1.60. The Labute approximate surface area is 145 Å². The molecule has 0 aliphatic rings. The lowest BCUT2D eigenvalue weighted by Gasteiger charge is -2.06. The van der Waals surface area contributed by atoms with Crippen LogP contribution in [0.2, 0.25) is 5.02 Å². The molecule has 0 bridgehead atoms. The molecule has 0 aliphatic heterocycles. The van der Waals surface area contributed by atoms with Gasteiger partial charge in [0.15, 0.2) is 5.69 Å². The maximum atomic E-state index is 12.4. The number of nitrogens with zero attached hydrogens (tertiary/aromatic N) is 3. The van der Waals surface area contributed by atoms with Crippen molar-refractivity contribution in [3.8, 4) is 5.69 Å². The van der Waals surface area contributed by atoms with Crippen molar-refractivity contribution < 1.29 is 4.79 Å². The van der Waals surface area contributed by atoms with E-state index in [0.29, 0.717) is 10.7 Å². The van der Waals surface area contributed by atoms with Crippen molar-refractivity contribution >= 4 is 23.2 Å². The Kier molecular flexibility index (Phi) is 4.62. The van der Waals surface area contributed by atoms with Crippen LogP contribution in [0.3, 0.4) is 0 Å². The van der Waals surface area contributed by atoms with E-state index in [-0.39, 0.29) is 11.6 Å². The van der Waals surface area contributed by atoms with Crippen molar-refractivity contribution in [3.63, 3.8) is 0 Å². The van der Waals surface area contributed by atoms with Crippen LogP contribution in [0.5, 0.6) is 0 Å². The number of benzene rings is 2. The molecule has 5 nitrogen and oxygen atoms in total. The zero-order valence-corrected chi connectivity index (χ0v) is 14.2. The molecule has 1 N–H and O–H groups in total. The molecule has 0 spiro atoms. The second kappa shape index (κ2) is 6.84. The van der Waals surface area contributed by atoms with Crippen LogP contribution in [-0.4, -0.2) is 20.9 Å². The summed E-state index contributed by atoms with van der Waals surface area (Å²) in [6, 6.07) is 15.0. The van der Waals surface area contributed by atoms with Crippen molar-refractivity contribution in [2.75, 3.05) is 5.32 Å². The molecule has 2 aromatic carbocycles. The van der Waals surface area contributed by atoms with Gasteiger partial charge in [-0.05, 0) is 49.2 Å². The minimum atomic E-state index is -0.287. The van der Waals surface area contributed by atoms with Crippen molar-refractivity contribution in [1.82, 2.24) is 15.0 Å². The number of nitrogens with one attached hydrogen (secondary N) is 1. The molecule has 0 radical (unpaired) electrons. The van der Waals surface area contributed by atoms with Crippen LogP contribution in [0.15, 0.2) is 48.5 Å². The highest BCUT2D eigenvalue weighted by molar-refractivity contribution is 6.30. The fraction of sp³-hybridized carbons (Fsp3) is 0.167. The third-order valence-electron chi connectivity index (χ3n) is 3.78. The number of aryl methyl sites for hydroxylation is 1. The number of hydrogen-bond acceptors (Lipinski definition) is 3. The van der Waals surface area contributed by atoms with E-state index in [0.717, 1.165) is 17.8 Å². The predicted molar refractivity (Wildman–Crippen MR) is 94.9 cm³/mol. The maximum absolute atomic E-state index is 12.4. The molecule has 1 amide bonds. The smallest absolute Gasteiger partial charge is 0.278 e. The molecule has 0 aliphatic carbocycles. The van der Waals surface area contributed by atoms with Crippen LogP contribution < -0.4 is 5.32 Å². The minimum Gasteiger partial charge on any atom is -0.321 e. The summed E-state index contributed by atoms with van der Waals surface area (Å²) in [5, 5.41) is 11.5. The first kappa shape index (κ1) is 16.2. The van der Waals surface area contributed by atoms with Crippen molar-refractivity contribution in [2.24, 2.45) is 0 Å². The molecule has 1 heterocycles. The number of halogens is 1. The van der Waals surface area contributed by atoms with Gasteiger partial charge in [-0.15, -0.1) is 5.10 Å². The largest absolute Gasteiger partial charge is 0.321 e. The first-order valence-electron chi connectivity index (χ1n) is 7.67. The monoisotopic (exact) mass is 340 g/mol.